The fourth-order valence-electron chi connectivity index (χ4n) is 1.25. The van der Waals surface area contributed by atoms with Gasteiger partial charge in [0.05, 0.1) is 17.8 Å². The summed E-state index contributed by atoms with van der Waals surface area (Å²) < 4.78 is 11.5. The van der Waals surface area contributed by atoms with E-state index in [0.717, 1.165) is 32.7 Å². The predicted molar refractivity (Wildman–Crippen MR) is 68.9 cm³/mol. The molecule has 0 unspecified atom stereocenters. The first-order valence-electron chi connectivity index (χ1n) is 6.25. The van der Waals surface area contributed by atoms with Crippen LogP contribution < -0.4 is 5.32 Å². The SMILES string of the molecule is CCNCCOC(C)(C)CCOC(C)(C)C. The van der Waals surface area contributed by atoms with Gasteiger partial charge in [-0.2, -0.15) is 0 Å². The van der Waals surface area contributed by atoms with E-state index in [1.54, 1.807) is 0 Å². The van der Waals surface area contributed by atoms with Gasteiger partial charge in [-0.3, -0.25) is 0 Å². The summed E-state index contributed by atoms with van der Waals surface area (Å²) in [6.45, 7) is 16.0. The van der Waals surface area contributed by atoms with E-state index in [-0.39, 0.29) is 11.2 Å². The molecule has 0 rings (SSSR count). The van der Waals surface area contributed by atoms with Crippen LogP contribution in [0.15, 0.2) is 0 Å². The Balaban J connectivity index is 3.62. The first kappa shape index (κ1) is 15.9. The first-order chi connectivity index (χ1) is 7.27. The minimum absolute atomic E-state index is 0.0557. The molecule has 0 radical (unpaired) electrons. The lowest BCUT2D eigenvalue weighted by molar-refractivity contribution is -0.0653. The molecular weight excluding hydrogens is 202 g/mol. The molecular formula is C13H29NO2. The van der Waals surface area contributed by atoms with Gasteiger partial charge >= 0.3 is 0 Å². The summed E-state index contributed by atoms with van der Waals surface area (Å²) in [5, 5.41) is 3.24. The maximum Gasteiger partial charge on any atom is 0.0649 e. The van der Waals surface area contributed by atoms with Crippen LogP contribution in [0.25, 0.3) is 0 Å². The van der Waals surface area contributed by atoms with E-state index >= 15 is 0 Å². The molecule has 0 bridgehead atoms. The van der Waals surface area contributed by atoms with Crippen LogP contribution in [0.1, 0.15) is 48.0 Å². The van der Waals surface area contributed by atoms with Crippen LogP contribution in [0.4, 0.5) is 0 Å². The van der Waals surface area contributed by atoms with Crippen LogP contribution in [0.5, 0.6) is 0 Å². The molecule has 0 fully saturated rings. The molecule has 1 N–H and O–H groups in total. The van der Waals surface area contributed by atoms with Gasteiger partial charge in [-0.15, -0.1) is 0 Å². The Hall–Kier alpha value is -0.120. The summed E-state index contributed by atoms with van der Waals surface area (Å²) in [4.78, 5) is 0. The van der Waals surface area contributed by atoms with E-state index in [0.29, 0.717) is 0 Å². The average Bonchev–Trinajstić information content (AvgIpc) is 2.10. The van der Waals surface area contributed by atoms with Gasteiger partial charge in [-0.05, 0) is 47.6 Å². The molecule has 0 aromatic rings. The Morgan fingerprint density at radius 3 is 2.06 bits per heavy atom. The van der Waals surface area contributed by atoms with Crippen molar-refractivity contribution in [3.8, 4) is 0 Å². The molecule has 0 aromatic carbocycles. The van der Waals surface area contributed by atoms with Crippen molar-refractivity contribution >= 4 is 0 Å². The second kappa shape index (κ2) is 7.25. The molecule has 0 aliphatic carbocycles. The maximum atomic E-state index is 5.80. The molecule has 0 aromatic heterocycles. The number of ether oxygens (including phenoxy) is 2. The third kappa shape index (κ3) is 10.4. The van der Waals surface area contributed by atoms with Gasteiger partial charge in [0, 0.05) is 13.2 Å². The quantitative estimate of drug-likeness (QED) is 0.651. The molecule has 0 aliphatic rings. The number of rotatable bonds is 8. The topological polar surface area (TPSA) is 30.5 Å². The highest BCUT2D eigenvalue weighted by atomic mass is 16.5. The fourth-order valence-corrected chi connectivity index (χ4v) is 1.25. The van der Waals surface area contributed by atoms with Crippen LogP contribution in [0.2, 0.25) is 0 Å². The van der Waals surface area contributed by atoms with Crippen molar-refractivity contribution in [2.75, 3.05) is 26.3 Å². The number of hydrogen-bond acceptors (Lipinski definition) is 3. The zero-order chi connectivity index (χ0) is 12.7. The highest BCUT2D eigenvalue weighted by Crippen LogP contribution is 2.16. The van der Waals surface area contributed by atoms with Crippen molar-refractivity contribution in [1.29, 1.82) is 0 Å². The van der Waals surface area contributed by atoms with Crippen molar-refractivity contribution in [2.24, 2.45) is 0 Å². The van der Waals surface area contributed by atoms with E-state index in [4.69, 9.17) is 9.47 Å². The number of likely N-dealkylation sites (N-methyl/N-ethyl adjacent to an activating group) is 1. The van der Waals surface area contributed by atoms with Crippen molar-refractivity contribution in [3.05, 3.63) is 0 Å². The zero-order valence-corrected chi connectivity index (χ0v) is 11.9. The molecule has 0 saturated carbocycles. The Labute approximate surface area is 101 Å². The summed E-state index contributed by atoms with van der Waals surface area (Å²) in [5.41, 5.74) is -0.152. The van der Waals surface area contributed by atoms with Crippen LogP contribution in [0, 0.1) is 0 Å². The van der Waals surface area contributed by atoms with E-state index in [1.165, 1.54) is 0 Å². The molecule has 0 atom stereocenters. The van der Waals surface area contributed by atoms with Crippen molar-refractivity contribution < 1.29 is 9.47 Å². The van der Waals surface area contributed by atoms with Gasteiger partial charge in [-0.1, -0.05) is 6.92 Å². The lowest BCUT2D eigenvalue weighted by Gasteiger charge is -2.27. The largest absolute Gasteiger partial charge is 0.376 e. The van der Waals surface area contributed by atoms with Crippen LogP contribution in [-0.2, 0) is 9.47 Å². The summed E-state index contributed by atoms with van der Waals surface area (Å²) in [7, 11) is 0. The smallest absolute Gasteiger partial charge is 0.0649 e. The van der Waals surface area contributed by atoms with E-state index in [9.17, 15) is 0 Å². The van der Waals surface area contributed by atoms with Gasteiger partial charge in [-0.25, -0.2) is 0 Å². The van der Waals surface area contributed by atoms with Gasteiger partial charge in [0.15, 0.2) is 0 Å². The lowest BCUT2D eigenvalue weighted by atomic mass is 10.1. The first-order valence-corrected chi connectivity index (χ1v) is 6.25. The Morgan fingerprint density at radius 1 is 0.938 bits per heavy atom. The predicted octanol–water partition coefficient (Wildman–Crippen LogP) is 2.60. The number of nitrogens with one attached hydrogen (secondary N) is 1. The van der Waals surface area contributed by atoms with E-state index in [1.807, 2.05) is 0 Å². The molecule has 3 nitrogen and oxygen atoms in total. The zero-order valence-electron chi connectivity index (χ0n) is 11.9. The van der Waals surface area contributed by atoms with E-state index in [2.05, 4.69) is 46.9 Å². The Morgan fingerprint density at radius 2 is 1.56 bits per heavy atom. The van der Waals surface area contributed by atoms with Gasteiger partial charge in [0.2, 0.25) is 0 Å². The minimum Gasteiger partial charge on any atom is -0.376 e. The molecule has 0 aliphatic heterocycles. The summed E-state index contributed by atoms with van der Waals surface area (Å²) in [5.74, 6) is 0. The summed E-state index contributed by atoms with van der Waals surface area (Å²) >= 11 is 0. The second-order valence-electron chi connectivity index (χ2n) is 5.67. The molecule has 3 heteroatoms. The highest BCUT2D eigenvalue weighted by Gasteiger charge is 2.19. The maximum absolute atomic E-state index is 5.80. The monoisotopic (exact) mass is 231 g/mol. The van der Waals surface area contributed by atoms with Crippen LogP contribution >= 0.6 is 0 Å². The van der Waals surface area contributed by atoms with E-state index < -0.39 is 0 Å². The molecule has 0 amide bonds. The molecule has 16 heavy (non-hydrogen) atoms. The normalized spacial score (nSPS) is 13.1. The second-order valence-corrected chi connectivity index (χ2v) is 5.67. The standard InChI is InChI=1S/C13H29NO2/c1-7-14-9-11-16-13(5,6)8-10-15-12(2,3)4/h14H,7-11H2,1-6H3. The summed E-state index contributed by atoms with van der Waals surface area (Å²) in [6, 6.07) is 0. The average molecular weight is 231 g/mol. The fraction of sp³-hybridized carbons (Fsp3) is 1.00. The van der Waals surface area contributed by atoms with Crippen LogP contribution in [-0.4, -0.2) is 37.5 Å². The third-order valence-electron chi connectivity index (χ3n) is 2.26. The summed E-state index contributed by atoms with van der Waals surface area (Å²) in [6.07, 6.45) is 0.927. The number of hydrogen-bond donors (Lipinski definition) is 1. The molecule has 0 saturated heterocycles. The lowest BCUT2D eigenvalue weighted by Crippen LogP contribution is -2.32. The molecule has 0 heterocycles. The van der Waals surface area contributed by atoms with Gasteiger partial charge in [0.1, 0.15) is 0 Å². The van der Waals surface area contributed by atoms with Gasteiger partial charge in [0.25, 0.3) is 0 Å². The van der Waals surface area contributed by atoms with Gasteiger partial charge < -0.3 is 14.8 Å². The minimum atomic E-state index is -0.0966. The third-order valence-corrected chi connectivity index (χ3v) is 2.26. The Bertz CT molecular complexity index is 173. The highest BCUT2D eigenvalue weighted by molar-refractivity contribution is 4.69. The molecule has 0 spiro atoms. The van der Waals surface area contributed by atoms with Crippen molar-refractivity contribution in [1.82, 2.24) is 5.32 Å². The van der Waals surface area contributed by atoms with Crippen molar-refractivity contribution in [2.45, 2.75) is 59.2 Å². The molecule has 98 valence electrons. The van der Waals surface area contributed by atoms with Crippen molar-refractivity contribution in [3.63, 3.8) is 0 Å². The van der Waals surface area contributed by atoms with Crippen LogP contribution in [0.3, 0.4) is 0 Å². The Kier molecular flexibility index (Phi) is 7.20.